The van der Waals surface area contributed by atoms with Gasteiger partial charge >= 0.3 is 13.3 Å². The van der Waals surface area contributed by atoms with Gasteiger partial charge in [-0.3, -0.25) is 14.4 Å². The fourth-order valence-electron chi connectivity index (χ4n) is 3.49. The summed E-state index contributed by atoms with van der Waals surface area (Å²) in [5, 5.41) is 22.9. The molecule has 232 valence electrons. The van der Waals surface area contributed by atoms with E-state index in [1.165, 1.54) is 23.1 Å². The lowest BCUT2D eigenvalue weighted by Crippen LogP contribution is -2.45. The number of nitrogens with one attached hydrogen (secondary N) is 2. The highest BCUT2D eigenvalue weighted by Gasteiger charge is 2.29. The van der Waals surface area contributed by atoms with Crippen molar-refractivity contribution in [2.45, 2.75) is 38.4 Å². The highest BCUT2D eigenvalue weighted by atomic mass is 19.4. The van der Waals surface area contributed by atoms with Crippen LogP contribution in [0.15, 0.2) is 42.5 Å². The summed E-state index contributed by atoms with van der Waals surface area (Å²) < 4.78 is 49.5. The van der Waals surface area contributed by atoms with E-state index >= 15 is 0 Å². The Kier molecular flexibility index (Phi) is 15.7. The van der Waals surface area contributed by atoms with Gasteiger partial charge in [0.2, 0.25) is 17.7 Å². The zero-order valence-electron chi connectivity index (χ0n) is 23.2. The van der Waals surface area contributed by atoms with E-state index < -0.39 is 54.5 Å². The third-order valence-corrected chi connectivity index (χ3v) is 5.83. The number of carbonyl (C=O) groups excluding carboxylic acids is 3. The Hall–Kier alpha value is -3.57. The number of alkyl halides is 3. The quantitative estimate of drug-likeness (QED) is 0.120. The molecule has 0 aliphatic carbocycles. The largest absolute Gasteiger partial charge is 0.491 e. The van der Waals surface area contributed by atoms with E-state index in [1.807, 2.05) is 6.92 Å². The van der Waals surface area contributed by atoms with Gasteiger partial charge in [0.05, 0.1) is 18.2 Å². The van der Waals surface area contributed by atoms with Crippen molar-refractivity contribution in [3.63, 3.8) is 0 Å². The molecule has 16 heteroatoms. The van der Waals surface area contributed by atoms with Gasteiger partial charge in [0.25, 0.3) is 0 Å². The van der Waals surface area contributed by atoms with E-state index in [2.05, 4.69) is 10.6 Å². The highest BCUT2D eigenvalue weighted by Crippen LogP contribution is 2.29. The van der Waals surface area contributed by atoms with Crippen LogP contribution in [0.5, 0.6) is 0 Å². The number of aryl methyl sites for hydroxylation is 1. The van der Waals surface area contributed by atoms with Crippen LogP contribution in [0.4, 0.5) is 23.2 Å². The maximum Gasteiger partial charge on any atom is 0.491 e. The van der Waals surface area contributed by atoms with Crippen molar-refractivity contribution >= 4 is 36.0 Å². The second-order valence-electron chi connectivity index (χ2n) is 9.03. The van der Waals surface area contributed by atoms with Crippen molar-refractivity contribution < 1.29 is 42.0 Å². The van der Waals surface area contributed by atoms with Crippen LogP contribution in [0.1, 0.15) is 30.9 Å². The Morgan fingerprint density at radius 1 is 1.02 bits per heavy atom. The van der Waals surface area contributed by atoms with Gasteiger partial charge in [0.15, 0.2) is 0 Å². The molecule has 1 unspecified atom stereocenters. The van der Waals surface area contributed by atoms with E-state index in [-0.39, 0.29) is 24.4 Å². The summed E-state index contributed by atoms with van der Waals surface area (Å²) in [7, 11) is -2.03. The van der Waals surface area contributed by atoms with E-state index in [1.54, 1.807) is 0 Å². The zero-order chi connectivity index (χ0) is 31.9. The molecule has 42 heavy (non-hydrogen) atoms. The minimum atomic E-state index is -4.22. The summed E-state index contributed by atoms with van der Waals surface area (Å²) in [6, 6.07) is 7.48. The van der Waals surface area contributed by atoms with Crippen molar-refractivity contribution in [2.24, 2.45) is 17.2 Å². The van der Waals surface area contributed by atoms with Crippen molar-refractivity contribution in [1.29, 1.82) is 0 Å². The van der Waals surface area contributed by atoms with Crippen LogP contribution in [-0.4, -0.2) is 78.6 Å². The molecule has 0 spiro atoms. The van der Waals surface area contributed by atoms with Gasteiger partial charge in [0, 0.05) is 43.8 Å². The van der Waals surface area contributed by atoms with E-state index in [9.17, 15) is 31.9 Å². The topological polar surface area (TPSA) is 197 Å². The molecule has 1 atom stereocenters. The first-order chi connectivity index (χ1) is 19.7. The summed E-state index contributed by atoms with van der Waals surface area (Å²) in [5.74, 6) is -2.31. The molecular weight excluding hydrogens is 563 g/mol. The lowest BCUT2D eigenvalue weighted by Gasteiger charge is -2.22. The SMILES string of the molecule is CCc1ccc(C(F)(F)F)cc1.NCCN(CCN)C(=O)CCC(N)C(=O)NCC(=O)Nc1ccc(F)c(B(O)O)c1. The number of hydrogen-bond donors (Lipinski definition) is 7. The number of nitrogens with zero attached hydrogens (tertiary/aromatic N) is 1. The zero-order valence-corrected chi connectivity index (χ0v) is 23.2. The molecule has 0 aliphatic rings. The van der Waals surface area contributed by atoms with Crippen molar-refractivity contribution in [3.8, 4) is 0 Å². The number of rotatable bonds is 13. The number of amides is 3. The molecule has 0 aromatic heterocycles. The van der Waals surface area contributed by atoms with Crippen LogP contribution in [0.3, 0.4) is 0 Å². The maximum absolute atomic E-state index is 13.4. The monoisotopic (exact) mass is 600 g/mol. The third kappa shape index (κ3) is 13.0. The minimum Gasteiger partial charge on any atom is -0.423 e. The van der Waals surface area contributed by atoms with E-state index in [4.69, 9.17) is 27.2 Å². The first kappa shape index (κ1) is 36.5. The smallest absolute Gasteiger partial charge is 0.423 e. The number of benzene rings is 2. The summed E-state index contributed by atoms with van der Waals surface area (Å²) in [6.45, 7) is 2.79. The number of nitrogens with two attached hydrogens (primary N) is 3. The molecule has 0 heterocycles. The van der Waals surface area contributed by atoms with E-state index in [0.29, 0.717) is 26.2 Å². The first-order valence-corrected chi connectivity index (χ1v) is 13.1. The number of anilines is 1. The van der Waals surface area contributed by atoms with Gasteiger partial charge in [-0.25, -0.2) is 4.39 Å². The normalized spacial score (nSPS) is 11.6. The van der Waals surface area contributed by atoms with Gasteiger partial charge in [-0.1, -0.05) is 19.1 Å². The molecule has 0 aliphatic heterocycles. The van der Waals surface area contributed by atoms with Gasteiger partial charge in [0.1, 0.15) is 5.82 Å². The summed E-state index contributed by atoms with van der Waals surface area (Å²) in [4.78, 5) is 37.6. The molecule has 0 fully saturated rings. The lowest BCUT2D eigenvalue weighted by atomic mass is 9.79. The molecule has 11 nitrogen and oxygen atoms in total. The molecule has 10 N–H and O–H groups in total. The predicted molar refractivity (Wildman–Crippen MR) is 151 cm³/mol. The van der Waals surface area contributed by atoms with Crippen LogP contribution in [0, 0.1) is 5.82 Å². The summed E-state index contributed by atoms with van der Waals surface area (Å²) in [6.07, 6.45) is -3.35. The van der Waals surface area contributed by atoms with Crippen LogP contribution in [0.25, 0.3) is 0 Å². The Morgan fingerprint density at radius 3 is 2.12 bits per heavy atom. The Morgan fingerprint density at radius 2 is 1.62 bits per heavy atom. The van der Waals surface area contributed by atoms with Crippen LogP contribution < -0.4 is 33.3 Å². The molecule has 0 bridgehead atoms. The van der Waals surface area contributed by atoms with Gasteiger partial charge in [-0.15, -0.1) is 0 Å². The van der Waals surface area contributed by atoms with Crippen molar-refractivity contribution in [1.82, 2.24) is 10.2 Å². The number of hydrogen-bond acceptors (Lipinski definition) is 8. The minimum absolute atomic E-state index is 0.0304. The molecule has 3 amide bonds. The number of halogens is 4. The Labute approximate surface area is 241 Å². The first-order valence-electron chi connectivity index (χ1n) is 13.1. The van der Waals surface area contributed by atoms with Crippen molar-refractivity contribution in [3.05, 3.63) is 59.4 Å². The highest BCUT2D eigenvalue weighted by molar-refractivity contribution is 6.58. The lowest BCUT2D eigenvalue weighted by molar-refractivity contribution is -0.137. The second kappa shape index (κ2) is 18.1. The fourth-order valence-corrected chi connectivity index (χ4v) is 3.49. The molecule has 2 rings (SSSR count). The summed E-state index contributed by atoms with van der Waals surface area (Å²) in [5.41, 5.74) is 16.7. The molecule has 0 saturated carbocycles. The van der Waals surface area contributed by atoms with Crippen LogP contribution >= 0.6 is 0 Å². The van der Waals surface area contributed by atoms with Crippen LogP contribution in [-0.2, 0) is 27.0 Å². The molecular formula is C26H37BF4N6O5. The summed E-state index contributed by atoms with van der Waals surface area (Å²) >= 11 is 0. The average molecular weight is 600 g/mol. The Bertz CT molecular complexity index is 1150. The third-order valence-electron chi connectivity index (χ3n) is 5.83. The van der Waals surface area contributed by atoms with Crippen LogP contribution in [0.2, 0.25) is 0 Å². The molecule has 0 saturated heterocycles. The standard InChI is InChI=1S/C17H28BFN6O5.C9H9F3/c19-13-2-1-11(9-12(13)18(29)30)24-15(26)10-23-17(28)14(22)3-4-16(27)25(7-5-20)8-6-21;1-2-7-3-5-8(6-4-7)9(10,11)12/h1-2,9,14,29-30H,3-8,10,20-22H2,(H,23,28)(H,24,26);3-6H,2H2,1H3. The van der Waals surface area contributed by atoms with E-state index in [0.717, 1.165) is 36.2 Å². The van der Waals surface area contributed by atoms with Crippen molar-refractivity contribution in [2.75, 3.05) is 38.0 Å². The molecule has 2 aromatic rings. The molecule has 0 radical (unpaired) electrons. The average Bonchev–Trinajstić information content (AvgIpc) is 2.95. The second-order valence-corrected chi connectivity index (χ2v) is 9.03. The fraction of sp³-hybridized carbons (Fsp3) is 0.423. The van der Waals surface area contributed by atoms with Gasteiger partial charge < -0.3 is 42.8 Å². The van der Waals surface area contributed by atoms with Gasteiger partial charge in [-0.2, -0.15) is 13.2 Å². The Balaban J connectivity index is 0.000000609. The van der Waals surface area contributed by atoms with Gasteiger partial charge in [-0.05, 0) is 48.7 Å². The predicted octanol–water partition coefficient (Wildman–Crippen LogP) is -0.318. The number of carbonyl (C=O) groups is 3. The molecule has 2 aromatic carbocycles. The maximum atomic E-state index is 13.4.